The molecular formula is C14H22N2O. The molecule has 1 heterocycles. The largest absolute Gasteiger partial charge is 0.496 e. The van der Waals surface area contributed by atoms with Crippen LogP contribution in [0.4, 0.5) is 0 Å². The Morgan fingerprint density at radius 3 is 2.82 bits per heavy atom. The SMILES string of the molecule is CCN1CCc2cc(CNC)c(OC)cc2C1. The van der Waals surface area contributed by atoms with Gasteiger partial charge in [0.15, 0.2) is 0 Å². The van der Waals surface area contributed by atoms with Gasteiger partial charge in [-0.15, -0.1) is 0 Å². The van der Waals surface area contributed by atoms with E-state index in [0.29, 0.717) is 0 Å². The predicted molar refractivity (Wildman–Crippen MR) is 70.4 cm³/mol. The molecule has 0 aromatic heterocycles. The first-order valence-electron chi connectivity index (χ1n) is 6.34. The van der Waals surface area contributed by atoms with E-state index in [9.17, 15) is 0 Å². The summed E-state index contributed by atoms with van der Waals surface area (Å²) in [5, 5.41) is 3.20. The molecule has 0 atom stereocenters. The smallest absolute Gasteiger partial charge is 0.123 e. The van der Waals surface area contributed by atoms with E-state index in [0.717, 1.165) is 31.8 Å². The number of fused-ring (bicyclic) bond motifs is 1. The topological polar surface area (TPSA) is 24.5 Å². The molecule has 1 N–H and O–H groups in total. The predicted octanol–water partition coefficient (Wildman–Crippen LogP) is 1.79. The molecule has 3 nitrogen and oxygen atoms in total. The fraction of sp³-hybridized carbons (Fsp3) is 0.571. The molecule has 0 aliphatic carbocycles. The van der Waals surface area contributed by atoms with E-state index in [1.807, 2.05) is 7.05 Å². The first-order valence-corrected chi connectivity index (χ1v) is 6.34. The zero-order chi connectivity index (χ0) is 12.3. The van der Waals surface area contributed by atoms with Crippen LogP contribution in [0.1, 0.15) is 23.6 Å². The second kappa shape index (κ2) is 5.52. The zero-order valence-electron chi connectivity index (χ0n) is 11.0. The van der Waals surface area contributed by atoms with Gasteiger partial charge >= 0.3 is 0 Å². The lowest BCUT2D eigenvalue weighted by atomic mass is 9.96. The maximum atomic E-state index is 5.47. The lowest BCUT2D eigenvalue weighted by molar-refractivity contribution is 0.267. The standard InChI is InChI=1S/C14H22N2O/c1-4-16-6-5-11-7-12(9-15-2)14(17-3)8-13(11)10-16/h7-8,15H,4-6,9-10H2,1-3H3. The molecule has 0 radical (unpaired) electrons. The minimum absolute atomic E-state index is 0.869. The average molecular weight is 234 g/mol. The summed E-state index contributed by atoms with van der Waals surface area (Å²) < 4.78 is 5.47. The van der Waals surface area contributed by atoms with Gasteiger partial charge in [0.2, 0.25) is 0 Å². The van der Waals surface area contributed by atoms with E-state index in [4.69, 9.17) is 4.74 Å². The van der Waals surface area contributed by atoms with Gasteiger partial charge in [-0.1, -0.05) is 13.0 Å². The number of hydrogen-bond donors (Lipinski definition) is 1. The molecule has 0 bridgehead atoms. The van der Waals surface area contributed by atoms with Crippen LogP contribution in [-0.2, 0) is 19.5 Å². The van der Waals surface area contributed by atoms with Crippen LogP contribution in [0.2, 0.25) is 0 Å². The third-order valence-electron chi connectivity index (χ3n) is 3.51. The van der Waals surface area contributed by atoms with Gasteiger partial charge in [-0.05, 0) is 37.2 Å². The maximum absolute atomic E-state index is 5.47. The van der Waals surface area contributed by atoms with Gasteiger partial charge in [-0.2, -0.15) is 0 Å². The van der Waals surface area contributed by atoms with E-state index in [2.05, 4.69) is 29.3 Å². The molecule has 1 aromatic carbocycles. The lowest BCUT2D eigenvalue weighted by Crippen LogP contribution is -2.30. The molecule has 17 heavy (non-hydrogen) atoms. The van der Waals surface area contributed by atoms with E-state index >= 15 is 0 Å². The van der Waals surface area contributed by atoms with Crippen molar-refractivity contribution in [1.82, 2.24) is 10.2 Å². The van der Waals surface area contributed by atoms with Crippen molar-refractivity contribution in [2.45, 2.75) is 26.4 Å². The number of methoxy groups -OCH3 is 1. The Hall–Kier alpha value is -1.06. The summed E-state index contributed by atoms with van der Waals surface area (Å²) >= 11 is 0. The fourth-order valence-corrected chi connectivity index (χ4v) is 2.48. The number of nitrogens with one attached hydrogen (secondary N) is 1. The molecule has 0 amide bonds. The maximum Gasteiger partial charge on any atom is 0.123 e. The highest BCUT2D eigenvalue weighted by Gasteiger charge is 2.17. The van der Waals surface area contributed by atoms with Crippen LogP contribution in [0.3, 0.4) is 0 Å². The number of hydrogen-bond acceptors (Lipinski definition) is 3. The van der Waals surface area contributed by atoms with E-state index in [1.54, 1.807) is 7.11 Å². The van der Waals surface area contributed by atoms with Gasteiger partial charge in [-0.3, -0.25) is 4.90 Å². The third-order valence-corrected chi connectivity index (χ3v) is 3.51. The molecule has 1 aliphatic rings. The van der Waals surface area contributed by atoms with Gasteiger partial charge in [0.05, 0.1) is 7.11 Å². The lowest BCUT2D eigenvalue weighted by Gasteiger charge is -2.28. The van der Waals surface area contributed by atoms with Gasteiger partial charge in [-0.25, -0.2) is 0 Å². The summed E-state index contributed by atoms with van der Waals surface area (Å²) in [7, 11) is 3.72. The molecule has 0 spiro atoms. The van der Waals surface area contributed by atoms with E-state index in [1.165, 1.54) is 23.2 Å². The van der Waals surface area contributed by atoms with Crippen LogP contribution in [0.25, 0.3) is 0 Å². The Morgan fingerprint density at radius 2 is 2.18 bits per heavy atom. The molecule has 3 heteroatoms. The van der Waals surface area contributed by atoms with Crippen molar-refractivity contribution in [3.63, 3.8) is 0 Å². The van der Waals surface area contributed by atoms with Gasteiger partial charge < -0.3 is 10.1 Å². The highest BCUT2D eigenvalue weighted by molar-refractivity contribution is 5.43. The first-order chi connectivity index (χ1) is 8.28. The van der Waals surface area contributed by atoms with Crippen molar-refractivity contribution in [2.24, 2.45) is 0 Å². The fourth-order valence-electron chi connectivity index (χ4n) is 2.48. The summed E-state index contributed by atoms with van der Waals surface area (Å²) in [5.74, 6) is 1.01. The average Bonchev–Trinajstić information content (AvgIpc) is 2.37. The summed E-state index contributed by atoms with van der Waals surface area (Å²) in [6, 6.07) is 4.52. The number of likely N-dealkylation sites (N-methyl/N-ethyl adjacent to an activating group) is 1. The second-order valence-electron chi connectivity index (χ2n) is 4.58. The Labute approximate surface area is 104 Å². The van der Waals surface area contributed by atoms with Crippen molar-refractivity contribution in [2.75, 3.05) is 27.2 Å². The molecule has 0 saturated heterocycles. The van der Waals surface area contributed by atoms with Gasteiger partial charge in [0.25, 0.3) is 0 Å². The highest BCUT2D eigenvalue weighted by atomic mass is 16.5. The van der Waals surface area contributed by atoms with Crippen molar-refractivity contribution >= 4 is 0 Å². The minimum Gasteiger partial charge on any atom is -0.496 e. The second-order valence-corrected chi connectivity index (χ2v) is 4.58. The van der Waals surface area contributed by atoms with Crippen LogP contribution in [0, 0.1) is 0 Å². The van der Waals surface area contributed by atoms with Crippen molar-refractivity contribution in [1.29, 1.82) is 0 Å². The van der Waals surface area contributed by atoms with Gasteiger partial charge in [0, 0.05) is 25.2 Å². The molecule has 94 valence electrons. The number of rotatable bonds is 4. The number of nitrogens with zero attached hydrogens (tertiary/aromatic N) is 1. The van der Waals surface area contributed by atoms with E-state index < -0.39 is 0 Å². The van der Waals surface area contributed by atoms with E-state index in [-0.39, 0.29) is 0 Å². The zero-order valence-corrected chi connectivity index (χ0v) is 11.0. The van der Waals surface area contributed by atoms with Crippen LogP contribution >= 0.6 is 0 Å². The van der Waals surface area contributed by atoms with Crippen LogP contribution in [0.5, 0.6) is 5.75 Å². The Kier molecular flexibility index (Phi) is 4.02. The highest BCUT2D eigenvalue weighted by Crippen LogP contribution is 2.27. The summed E-state index contributed by atoms with van der Waals surface area (Å²) in [6.07, 6.45) is 1.16. The summed E-state index contributed by atoms with van der Waals surface area (Å²) in [6.45, 7) is 6.45. The van der Waals surface area contributed by atoms with Crippen molar-refractivity contribution in [3.05, 3.63) is 28.8 Å². The van der Waals surface area contributed by atoms with Crippen molar-refractivity contribution < 1.29 is 4.74 Å². The minimum atomic E-state index is 0.869. The summed E-state index contributed by atoms with van der Waals surface area (Å²) in [4.78, 5) is 2.47. The Balaban J connectivity index is 2.30. The Bertz CT molecular complexity index is 390. The van der Waals surface area contributed by atoms with Crippen LogP contribution in [-0.4, -0.2) is 32.1 Å². The quantitative estimate of drug-likeness (QED) is 0.859. The monoisotopic (exact) mass is 234 g/mol. The normalized spacial score (nSPS) is 15.7. The Morgan fingerprint density at radius 1 is 1.35 bits per heavy atom. The van der Waals surface area contributed by atoms with Crippen molar-refractivity contribution in [3.8, 4) is 5.75 Å². The third kappa shape index (κ3) is 2.61. The molecule has 0 unspecified atom stereocenters. The van der Waals surface area contributed by atoms with Crippen LogP contribution in [0.15, 0.2) is 12.1 Å². The molecule has 1 aromatic rings. The van der Waals surface area contributed by atoms with Gasteiger partial charge in [0.1, 0.15) is 5.75 Å². The van der Waals surface area contributed by atoms with Crippen LogP contribution < -0.4 is 10.1 Å². The first kappa shape index (κ1) is 12.4. The number of benzene rings is 1. The molecular weight excluding hydrogens is 212 g/mol. The number of ether oxygens (including phenoxy) is 1. The molecule has 0 saturated carbocycles. The summed E-state index contributed by atoms with van der Waals surface area (Å²) in [5.41, 5.74) is 4.18. The molecule has 2 rings (SSSR count). The molecule has 0 fully saturated rings. The molecule has 1 aliphatic heterocycles.